The van der Waals surface area contributed by atoms with Crippen molar-refractivity contribution in [2.45, 2.75) is 52.1 Å². The molecule has 0 saturated heterocycles. The smallest absolute Gasteiger partial charge is 0.239 e. The van der Waals surface area contributed by atoms with Gasteiger partial charge in [0, 0.05) is 13.1 Å². The topological polar surface area (TPSA) is 55.6 Å². The molecule has 21 heavy (non-hydrogen) atoms. The van der Waals surface area contributed by atoms with Crippen LogP contribution in [0.25, 0.3) is 0 Å². The zero-order valence-corrected chi connectivity index (χ0v) is 13.1. The molecule has 0 aliphatic carbocycles. The molecule has 0 spiro atoms. The van der Waals surface area contributed by atoms with Crippen LogP contribution in [0.3, 0.4) is 0 Å². The summed E-state index contributed by atoms with van der Waals surface area (Å²) >= 11 is 0. The Morgan fingerprint density at radius 1 is 1.33 bits per heavy atom. The van der Waals surface area contributed by atoms with Crippen molar-refractivity contribution in [1.82, 2.24) is 4.90 Å². The third-order valence-electron chi connectivity index (χ3n) is 3.89. The predicted molar refractivity (Wildman–Crippen MR) is 84.2 cm³/mol. The number of rotatable bonds is 6. The van der Waals surface area contributed by atoms with Crippen molar-refractivity contribution in [1.29, 1.82) is 0 Å². The summed E-state index contributed by atoms with van der Waals surface area (Å²) in [5, 5.41) is 0. The molecule has 1 amide bonds. The fraction of sp³-hybridized carbons (Fsp3) is 0.588. The molecule has 2 N–H and O–H groups in total. The normalized spacial score (nSPS) is 15.5. The van der Waals surface area contributed by atoms with Gasteiger partial charge in [0.25, 0.3) is 0 Å². The number of ether oxygens (including phenoxy) is 1. The van der Waals surface area contributed by atoms with Crippen LogP contribution in [-0.4, -0.2) is 30.0 Å². The second kappa shape index (κ2) is 7.46. The van der Waals surface area contributed by atoms with Gasteiger partial charge in [0.2, 0.25) is 5.91 Å². The predicted octanol–water partition coefficient (Wildman–Crippen LogP) is 2.49. The molecule has 4 heteroatoms. The number of benzene rings is 1. The summed E-state index contributed by atoms with van der Waals surface area (Å²) in [6, 6.07) is 5.82. The Kier molecular flexibility index (Phi) is 5.62. The first-order chi connectivity index (χ1) is 10.2. The Morgan fingerprint density at radius 2 is 2.14 bits per heavy atom. The molecular weight excluding hydrogens is 264 g/mol. The molecule has 1 unspecified atom stereocenters. The fourth-order valence-electron chi connectivity index (χ4n) is 2.70. The molecule has 4 nitrogen and oxygen atoms in total. The Balaban J connectivity index is 2.02. The molecule has 1 atom stereocenters. The van der Waals surface area contributed by atoms with Gasteiger partial charge in [-0.1, -0.05) is 26.3 Å². The standard InChI is InChI=1S/C17H26N2O2/c1-3-5-16(18)17(20)19-9-8-13-11-15(21-10-4-2)7-6-14(13)12-19/h6-7,11,16H,3-5,8-10,12,18H2,1-2H3. The highest BCUT2D eigenvalue weighted by Gasteiger charge is 2.24. The van der Waals surface area contributed by atoms with Gasteiger partial charge in [-0.05, 0) is 42.5 Å². The van der Waals surface area contributed by atoms with Crippen molar-refractivity contribution in [3.05, 3.63) is 29.3 Å². The van der Waals surface area contributed by atoms with Gasteiger partial charge in [0.05, 0.1) is 12.6 Å². The molecule has 0 bridgehead atoms. The number of carbonyl (C=O) groups excluding carboxylic acids is 1. The minimum Gasteiger partial charge on any atom is -0.494 e. The Labute approximate surface area is 127 Å². The maximum absolute atomic E-state index is 12.3. The molecule has 0 aromatic heterocycles. The summed E-state index contributed by atoms with van der Waals surface area (Å²) in [5.41, 5.74) is 8.45. The number of nitrogens with zero attached hydrogens (tertiary/aromatic N) is 1. The van der Waals surface area contributed by atoms with Crippen LogP contribution in [0.15, 0.2) is 18.2 Å². The van der Waals surface area contributed by atoms with Crippen molar-refractivity contribution in [3.8, 4) is 5.75 Å². The summed E-state index contributed by atoms with van der Waals surface area (Å²) in [6.45, 7) is 6.31. The lowest BCUT2D eigenvalue weighted by Gasteiger charge is -2.31. The highest BCUT2D eigenvalue weighted by Crippen LogP contribution is 2.24. The molecule has 1 aromatic carbocycles. The minimum atomic E-state index is -0.358. The lowest BCUT2D eigenvalue weighted by Crippen LogP contribution is -2.45. The molecule has 1 aliphatic rings. The van der Waals surface area contributed by atoms with Gasteiger partial charge in [0.15, 0.2) is 0 Å². The van der Waals surface area contributed by atoms with Crippen molar-refractivity contribution < 1.29 is 9.53 Å². The third-order valence-corrected chi connectivity index (χ3v) is 3.89. The zero-order chi connectivity index (χ0) is 15.2. The van der Waals surface area contributed by atoms with E-state index in [0.717, 1.165) is 44.6 Å². The second-order valence-electron chi connectivity index (χ2n) is 5.68. The molecule has 116 valence electrons. The van der Waals surface area contributed by atoms with E-state index in [2.05, 4.69) is 26.0 Å². The van der Waals surface area contributed by atoms with E-state index in [1.165, 1.54) is 11.1 Å². The number of hydrogen-bond donors (Lipinski definition) is 1. The van der Waals surface area contributed by atoms with Crippen LogP contribution < -0.4 is 10.5 Å². The maximum atomic E-state index is 12.3. The molecule has 2 rings (SSSR count). The first-order valence-corrected chi connectivity index (χ1v) is 7.94. The molecule has 0 saturated carbocycles. The van der Waals surface area contributed by atoms with Crippen molar-refractivity contribution in [3.63, 3.8) is 0 Å². The number of carbonyl (C=O) groups is 1. The van der Waals surface area contributed by atoms with Crippen molar-refractivity contribution >= 4 is 5.91 Å². The summed E-state index contributed by atoms with van der Waals surface area (Å²) in [7, 11) is 0. The monoisotopic (exact) mass is 290 g/mol. The Hall–Kier alpha value is -1.55. The lowest BCUT2D eigenvalue weighted by molar-refractivity contribution is -0.133. The third kappa shape index (κ3) is 3.97. The first kappa shape index (κ1) is 15.8. The van der Waals surface area contributed by atoms with Crippen LogP contribution in [0.1, 0.15) is 44.2 Å². The quantitative estimate of drug-likeness (QED) is 0.875. The molecular formula is C17H26N2O2. The van der Waals surface area contributed by atoms with E-state index in [1.807, 2.05) is 11.0 Å². The molecule has 0 fully saturated rings. The molecule has 1 heterocycles. The van der Waals surface area contributed by atoms with Gasteiger partial charge < -0.3 is 15.4 Å². The minimum absolute atomic E-state index is 0.0776. The summed E-state index contributed by atoms with van der Waals surface area (Å²) < 4.78 is 5.67. The van der Waals surface area contributed by atoms with Gasteiger partial charge in [0.1, 0.15) is 5.75 Å². The van der Waals surface area contributed by atoms with Crippen LogP contribution in [-0.2, 0) is 17.8 Å². The highest BCUT2D eigenvalue weighted by atomic mass is 16.5. The second-order valence-corrected chi connectivity index (χ2v) is 5.68. The van der Waals surface area contributed by atoms with E-state index in [1.54, 1.807) is 0 Å². The van der Waals surface area contributed by atoms with Crippen LogP contribution in [0.4, 0.5) is 0 Å². The van der Waals surface area contributed by atoms with Crippen LogP contribution in [0.5, 0.6) is 5.75 Å². The molecule has 1 aliphatic heterocycles. The number of fused-ring (bicyclic) bond motifs is 1. The first-order valence-electron chi connectivity index (χ1n) is 7.94. The highest BCUT2D eigenvalue weighted by molar-refractivity contribution is 5.81. The van der Waals surface area contributed by atoms with Gasteiger partial charge in [-0.25, -0.2) is 0 Å². The summed E-state index contributed by atoms with van der Waals surface area (Å²) in [5.74, 6) is 1.01. The van der Waals surface area contributed by atoms with Gasteiger partial charge in [-0.2, -0.15) is 0 Å². The average Bonchev–Trinajstić information content (AvgIpc) is 2.51. The molecule has 1 aromatic rings. The Morgan fingerprint density at radius 3 is 2.86 bits per heavy atom. The lowest BCUT2D eigenvalue weighted by atomic mass is 9.98. The zero-order valence-electron chi connectivity index (χ0n) is 13.1. The number of amides is 1. The maximum Gasteiger partial charge on any atom is 0.239 e. The van der Waals surface area contributed by atoms with Crippen molar-refractivity contribution in [2.75, 3.05) is 13.2 Å². The number of hydrogen-bond acceptors (Lipinski definition) is 3. The van der Waals surface area contributed by atoms with E-state index >= 15 is 0 Å². The summed E-state index contributed by atoms with van der Waals surface area (Å²) in [4.78, 5) is 14.2. The van der Waals surface area contributed by atoms with Crippen LogP contribution in [0, 0.1) is 0 Å². The van der Waals surface area contributed by atoms with E-state index < -0.39 is 0 Å². The Bertz CT molecular complexity index is 488. The van der Waals surface area contributed by atoms with Crippen LogP contribution in [0.2, 0.25) is 0 Å². The summed E-state index contributed by atoms with van der Waals surface area (Å²) in [6.07, 6.45) is 3.58. The van der Waals surface area contributed by atoms with Gasteiger partial charge in [-0.15, -0.1) is 0 Å². The average molecular weight is 290 g/mol. The van der Waals surface area contributed by atoms with E-state index in [4.69, 9.17) is 10.5 Å². The number of nitrogens with two attached hydrogens (primary N) is 1. The molecule has 0 radical (unpaired) electrons. The van der Waals surface area contributed by atoms with E-state index in [0.29, 0.717) is 6.54 Å². The largest absolute Gasteiger partial charge is 0.494 e. The van der Waals surface area contributed by atoms with Gasteiger partial charge >= 0.3 is 0 Å². The SMILES string of the molecule is CCCOc1ccc2c(c1)CCN(C(=O)C(N)CCC)C2. The van der Waals surface area contributed by atoms with Crippen molar-refractivity contribution in [2.24, 2.45) is 5.73 Å². The fourth-order valence-corrected chi connectivity index (χ4v) is 2.70. The van der Waals surface area contributed by atoms with E-state index in [-0.39, 0.29) is 11.9 Å². The van der Waals surface area contributed by atoms with Gasteiger partial charge in [-0.3, -0.25) is 4.79 Å². The van der Waals surface area contributed by atoms with Crippen LogP contribution >= 0.6 is 0 Å². The van der Waals surface area contributed by atoms with E-state index in [9.17, 15) is 4.79 Å².